The number of anilines is 1. The predicted molar refractivity (Wildman–Crippen MR) is 55.4 cm³/mol. The van der Waals surface area contributed by atoms with E-state index in [0.717, 1.165) is 0 Å². The van der Waals surface area contributed by atoms with E-state index in [9.17, 15) is 4.79 Å². The Morgan fingerprint density at radius 3 is 2.50 bits per heavy atom. The third-order valence-corrected chi connectivity index (χ3v) is 1.88. The Morgan fingerprint density at radius 2 is 2.07 bits per heavy atom. The first-order valence-corrected chi connectivity index (χ1v) is 4.21. The minimum atomic E-state index is -0.0700. The van der Waals surface area contributed by atoms with E-state index in [-0.39, 0.29) is 5.91 Å². The van der Waals surface area contributed by atoms with Gasteiger partial charge < -0.3 is 15.4 Å². The molecule has 0 atom stereocenters. The Labute approximate surface area is 83.3 Å². The van der Waals surface area contributed by atoms with Crippen LogP contribution in [0.25, 0.3) is 0 Å². The SMILES string of the molecule is COc1ccc(C(=O)N(C)C)cc1N. The van der Waals surface area contributed by atoms with Gasteiger partial charge in [0, 0.05) is 19.7 Å². The number of nitrogen functional groups attached to an aromatic ring is 1. The number of rotatable bonds is 2. The molecule has 2 N–H and O–H groups in total. The van der Waals surface area contributed by atoms with E-state index in [1.807, 2.05) is 0 Å². The smallest absolute Gasteiger partial charge is 0.253 e. The number of hydrogen-bond donors (Lipinski definition) is 1. The lowest BCUT2D eigenvalue weighted by Gasteiger charge is -2.11. The van der Waals surface area contributed by atoms with E-state index in [4.69, 9.17) is 10.5 Å². The number of nitrogens with zero attached hydrogens (tertiary/aromatic N) is 1. The number of ether oxygens (including phenoxy) is 1. The lowest BCUT2D eigenvalue weighted by atomic mass is 10.1. The molecular formula is C10H14N2O2. The molecule has 4 heteroatoms. The fourth-order valence-corrected chi connectivity index (χ4v) is 1.13. The first-order valence-electron chi connectivity index (χ1n) is 4.21. The molecule has 0 aliphatic rings. The molecule has 14 heavy (non-hydrogen) atoms. The molecule has 0 aliphatic heterocycles. The van der Waals surface area contributed by atoms with Gasteiger partial charge in [0.15, 0.2) is 0 Å². The fourth-order valence-electron chi connectivity index (χ4n) is 1.13. The van der Waals surface area contributed by atoms with Gasteiger partial charge in [0.1, 0.15) is 5.75 Å². The van der Waals surface area contributed by atoms with Crippen LogP contribution in [-0.2, 0) is 0 Å². The van der Waals surface area contributed by atoms with Crippen LogP contribution in [0.2, 0.25) is 0 Å². The zero-order chi connectivity index (χ0) is 10.7. The lowest BCUT2D eigenvalue weighted by Crippen LogP contribution is -2.21. The third-order valence-electron chi connectivity index (χ3n) is 1.88. The van der Waals surface area contributed by atoms with E-state index >= 15 is 0 Å². The molecule has 0 unspecified atom stereocenters. The molecular weight excluding hydrogens is 180 g/mol. The van der Waals surface area contributed by atoms with Gasteiger partial charge in [-0.3, -0.25) is 4.79 Å². The fraction of sp³-hybridized carbons (Fsp3) is 0.300. The summed E-state index contributed by atoms with van der Waals surface area (Å²) in [7, 11) is 4.94. The Balaban J connectivity index is 3.03. The van der Waals surface area contributed by atoms with Crippen LogP contribution < -0.4 is 10.5 Å². The maximum absolute atomic E-state index is 11.5. The van der Waals surface area contributed by atoms with Crippen LogP contribution in [0.5, 0.6) is 5.75 Å². The Morgan fingerprint density at radius 1 is 1.43 bits per heavy atom. The zero-order valence-electron chi connectivity index (χ0n) is 8.57. The molecule has 76 valence electrons. The number of amides is 1. The summed E-state index contributed by atoms with van der Waals surface area (Å²) in [5.74, 6) is 0.514. The second-order valence-electron chi connectivity index (χ2n) is 3.16. The van der Waals surface area contributed by atoms with Gasteiger partial charge in [-0.15, -0.1) is 0 Å². The molecule has 0 bridgehead atoms. The van der Waals surface area contributed by atoms with Crippen LogP contribution >= 0.6 is 0 Å². The maximum atomic E-state index is 11.5. The number of hydrogen-bond acceptors (Lipinski definition) is 3. The highest BCUT2D eigenvalue weighted by atomic mass is 16.5. The predicted octanol–water partition coefficient (Wildman–Crippen LogP) is 0.979. The largest absolute Gasteiger partial charge is 0.495 e. The maximum Gasteiger partial charge on any atom is 0.253 e. The van der Waals surface area contributed by atoms with Gasteiger partial charge in [-0.1, -0.05) is 0 Å². The van der Waals surface area contributed by atoms with Crippen LogP contribution in [0, 0.1) is 0 Å². The molecule has 1 aromatic rings. The van der Waals surface area contributed by atoms with E-state index < -0.39 is 0 Å². The van der Waals surface area contributed by atoms with Gasteiger partial charge in [-0.2, -0.15) is 0 Å². The van der Waals surface area contributed by atoms with Gasteiger partial charge in [0.2, 0.25) is 0 Å². The van der Waals surface area contributed by atoms with Crippen molar-refractivity contribution in [3.05, 3.63) is 23.8 Å². The van der Waals surface area contributed by atoms with E-state index in [1.54, 1.807) is 39.4 Å². The first-order chi connectivity index (χ1) is 6.56. The highest BCUT2D eigenvalue weighted by molar-refractivity contribution is 5.95. The van der Waals surface area contributed by atoms with Crippen molar-refractivity contribution in [1.82, 2.24) is 4.90 Å². The van der Waals surface area contributed by atoms with E-state index in [0.29, 0.717) is 17.0 Å². The number of benzene rings is 1. The molecule has 1 amide bonds. The summed E-state index contributed by atoms with van der Waals surface area (Å²) in [5.41, 5.74) is 6.71. The van der Waals surface area contributed by atoms with Crippen molar-refractivity contribution in [1.29, 1.82) is 0 Å². The van der Waals surface area contributed by atoms with Crippen molar-refractivity contribution in [2.24, 2.45) is 0 Å². The van der Waals surface area contributed by atoms with Gasteiger partial charge in [0.05, 0.1) is 12.8 Å². The van der Waals surface area contributed by atoms with Crippen molar-refractivity contribution in [2.75, 3.05) is 26.9 Å². The van der Waals surface area contributed by atoms with Crippen molar-refractivity contribution >= 4 is 11.6 Å². The standard InChI is InChI=1S/C10H14N2O2/c1-12(2)10(13)7-4-5-9(14-3)8(11)6-7/h4-6H,11H2,1-3H3. The minimum Gasteiger partial charge on any atom is -0.495 e. The molecule has 0 aliphatic carbocycles. The van der Waals surface area contributed by atoms with E-state index in [2.05, 4.69) is 0 Å². The first kappa shape index (κ1) is 10.4. The van der Waals surface area contributed by atoms with Crippen LogP contribution in [0.4, 0.5) is 5.69 Å². The summed E-state index contributed by atoms with van der Waals surface area (Å²) < 4.78 is 4.99. The number of nitrogens with two attached hydrogens (primary N) is 1. The molecule has 4 nitrogen and oxygen atoms in total. The third kappa shape index (κ3) is 1.96. The molecule has 0 aromatic heterocycles. The molecule has 0 saturated carbocycles. The van der Waals surface area contributed by atoms with Gasteiger partial charge in [-0.25, -0.2) is 0 Å². The molecule has 1 aromatic carbocycles. The van der Waals surface area contributed by atoms with Crippen molar-refractivity contribution in [2.45, 2.75) is 0 Å². The molecule has 0 saturated heterocycles. The summed E-state index contributed by atoms with van der Waals surface area (Å²) in [5, 5.41) is 0. The Bertz CT molecular complexity index is 348. The van der Waals surface area contributed by atoms with E-state index in [1.165, 1.54) is 4.90 Å². The molecule has 1 rings (SSSR count). The summed E-state index contributed by atoms with van der Waals surface area (Å²) in [6.45, 7) is 0. The topological polar surface area (TPSA) is 55.6 Å². The van der Waals surface area contributed by atoms with Crippen molar-refractivity contribution in [3.8, 4) is 5.75 Å². The monoisotopic (exact) mass is 194 g/mol. The normalized spacial score (nSPS) is 9.64. The second kappa shape index (κ2) is 4.00. The molecule has 0 spiro atoms. The number of carbonyl (C=O) groups excluding carboxylic acids is 1. The van der Waals surface area contributed by atoms with Gasteiger partial charge in [-0.05, 0) is 18.2 Å². The quantitative estimate of drug-likeness (QED) is 0.714. The molecule has 0 fully saturated rings. The highest BCUT2D eigenvalue weighted by Crippen LogP contribution is 2.22. The van der Waals surface area contributed by atoms with Crippen LogP contribution in [-0.4, -0.2) is 32.0 Å². The van der Waals surface area contributed by atoms with Crippen LogP contribution in [0.15, 0.2) is 18.2 Å². The summed E-state index contributed by atoms with van der Waals surface area (Å²) >= 11 is 0. The van der Waals surface area contributed by atoms with Crippen LogP contribution in [0.3, 0.4) is 0 Å². The Kier molecular flexibility index (Phi) is 2.96. The van der Waals surface area contributed by atoms with Gasteiger partial charge >= 0.3 is 0 Å². The average Bonchev–Trinajstić information content (AvgIpc) is 2.16. The second-order valence-corrected chi connectivity index (χ2v) is 3.16. The lowest BCUT2D eigenvalue weighted by molar-refractivity contribution is 0.0827. The molecule has 0 heterocycles. The average molecular weight is 194 g/mol. The minimum absolute atomic E-state index is 0.0700. The van der Waals surface area contributed by atoms with Gasteiger partial charge in [0.25, 0.3) is 5.91 Å². The summed E-state index contributed by atoms with van der Waals surface area (Å²) in [6, 6.07) is 4.99. The number of carbonyl (C=O) groups is 1. The van der Waals surface area contributed by atoms with Crippen molar-refractivity contribution in [3.63, 3.8) is 0 Å². The highest BCUT2D eigenvalue weighted by Gasteiger charge is 2.09. The summed E-state index contributed by atoms with van der Waals surface area (Å²) in [6.07, 6.45) is 0. The molecule has 0 radical (unpaired) electrons. The van der Waals surface area contributed by atoms with Crippen molar-refractivity contribution < 1.29 is 9.53 Å². The number of methoxy groups -OCH3 is 1. The zero-order valence-corrected chi connectivity index (χ0v) is 8.57. The van der Waals surface area contributed by atoms with Crippen LogP contribution in [0.1, 0.15) is 10.4 Å². The summed E-state index contributed by atoms with van der Waals surface area (Å²) in [4.78, 5) is 13.0. The Hall–Kier alpha value is -1.71.